The van der Waals surface area contributed by atoms with Gasteiger partial charge in [-0.3, -0.25) is 4.79 Å². The van der Waals surface area contributed by atoms with Gasteiger partial charge in [-0.05, 0) is 44.8 Å². The van der Waals surface area contributed by atoms with E-state index in [0.29, 0.717) is 31.0 Å². The molecule has 162 valence electrons. The topological polar surface area (TPSA) is 57.7 Å². The molecule has 0 bridgehead atoms. The van der Waals surface area contributed by atoms with E-state index in [1.54, 1.807) is 18.2 Å². The van der Waals surface area contributed by atoms with E-state index in [1.165, 1.54) is 17.2 Å². The molecule has 2 heterocycles. The molecule has 1 aliphatic rings. The number of anilines is 2. The summed E-state index contributed by atoms with van der Waals surface area (Å²) in [5, 5.41) is 2.84. The quantitative estimate of drug-likeness (QED) is 0.740. The lowest BCUT2D eigenvalue weighted by molar-refractivity contribution is -0.137. The molecule has 1 unspecified atom stereocenters. The normalized spacial score (nSPS) is 16.7. The van der Waals surface area contributed by atoms with Gasteiger partial charge in [0.2, 0.25) is 5.91 Å². The lowest BCUT2D eigenvalue weighted by atomic mass is 10.1. The van der Waals surface area contributed by atoms with Crippen molar-refractivity contribution in [1.29, 1.82) is 0 Å². The van der Waals surface area contributed by atoms with Crippen LogP contribution in [0.4, 0.5) is 24.7 Å². The number of halogens is 3. The third kappa shape index (κ3) is 5.63. The Hall–Kier alpha value is -2.81. The summed E-state index contributed by atoms with van der Waals surface area (Å²) in [6, 6.07) is 9.36. The van der Waals surface area contributed by atoms with E-state index in [9.17, 15) is 18.0 Å². The Morgan fingerprint density at radius 2 is 2.10 bits per heavy atom. The Morgan fingerprint density at radius 3 is 2.83 bits per heavy atom. The zero-order valence-electron chi connectivity index (χ0n) is 16.9. The molecule has 0 aliphatic carbocycles. The highest BCUT2D eigenvalue weighted by Crippen LogP contribution is 2.37. The zero-order valence-corrected chi connectivity index (χ0v) is 16.9. The van der Waals surface area contributed by atoms with Crippen molar-refractivity contribution < 1.29 is 22.7 Å². The minimum Gasteiger partial charge on any atom is -0.492 e. The maximum atomic E-state index is 13.3. The summed E-state index contributed by atoms with van der Waals surface area (Å²) in [6.07, 6.45) is -2.70. The molecular weight excluding hydrogens is 397 g/mol. The molecule has 0 saturated carbocycles. The van der Waals surface area contributed by atoms with Crippen LogP contribution in [0.25, 0.3) is 0 Å². The fourth-order valence-corrected chi connectivity index (χ4v) is 3.29. The molecule has 6 nitrogen and oxygen atoms in total. The number of ether oxygens (including phenoxy) is 1. The minimum absolute atomic E-state index is 0.128. The maximum absolute atomic E-state index is 13.3. The molecule has 1 fully saturated rings. The molecule has 2 aromatic rings. The highest BCUT2D eigenvalue weighted by atomic mass is 19.4. The van der Waals surface area contributed by atoms with Crippen LogP contribution in [-0.2, 0) is 11.0 Å². The highest BCUT2D eigenvalue weighted by molar-refractivity contribution is 5.93. The zero-order chi connectivity index (χ0) is 21.7. The summed E-state index contributed by atoms with van der Waals surface area (Å²) in [5.74, 6) is -0.138. The van der Waals surface area contributed by atoms with Gasteiger partial charge in [-0.2, -0.15) is 13.2 Å². The van der Waals surface area contributed by atoms with Crippen molar-refractivity contribution in [2.75, 3.05) is 50.6 Å². The number of alkyl halides is 3. The third-order valence-electron chi connectivity index (χ3n) is 4.86. The van der Waals surface area contributed by atoms with Gasteiger partial charge in [0, 0.05) is 37.6 Å². The number of hydrogen-bond acceptors (Lipinski definition) is 5. The second kappa shape index (κ2) is 9.34. The Kier molecular flexibility index (Phi) is 6.81. The molecule has 3 rings (SSSR count). The highest BCUT2D eigenvalue weighted by Gasteiger charge is 2.38. The average Bonchev–Trinajstić information content (AvgIpc) is 3.18. The summed E-state index contributed by atoms with van der Waals surface area (Å²) in [4.78, 5) is 20.1. The van der Waals surface area contributed by atoms with Crippen LogP contribution >= 0.6 is 0 Å². The number of nitrogens with zero attached hydrogens (tertiary/aromatic N) is 3. The number of carbonyl (C=O) groups excluding carboxylic acids is 1. The number of nitrogens with one attached hydrogen (secondary N) is 1. The number of amides is 1. The van der Waals surface area contributed by atoms with Crippen molar-refractivity contribution in [3.05, 3.63) is 48.2 Å². The van der Waals surface area contributed by atoms with Gasteiger partial charge >= 0.3 is 6.18 Å². The van der Waals surface area contributed by atoms with Crippen LogP contribution in [0.15, 0.2) is 42.6 Å². The summed E-state index contributed by atoms with van der Waals surface area (Å²) in [7, 11) is 3.90. The molecule has 1 saturated heterocycles. The molecule has 1 aliphatic heterocycles. The number of likely N-dealkylation sites (N-methyl/N-ethyl adjacent to an activating group) is 1. The van der Waals surface area contributed by atoms with Crippen LogP contribution in [0.2, 0.25) is 0 Å². The predicted octanol–water partition coefficient (Wildman–Crippen LogP) is 3.51. The van der Waals surface area contributed by atoms with Gasteiger partial charge in [0.1, 0.15) is 18.2 Å². The first-order valence-electron chi connectivity index (χ1n) is 9.69. The van der Waals surface area contributed by atoms with Crippen LogP contribution in [0.5, 0.6) is 5.75 Å². The third-order valence-corrected chi connectivity index (χ3v) is 4.86. The number of carbonyl (C=O) groups is 1. The van der Waals surface area contributed by atoms with Crippen LogP contribution in [0.3, 0.4) is 0 Å². The Morgan fingerprint density at radius 1 is 1.30 bits per heavy atom. The minimum atomic E-state index is -4.49. The first-order chi connectivity index (χ1) is 14.2. The Balaban J connectivity index is 1.61. The number of pyridine rings is 1. The van der Waals surface area contributed by atoms with Crippen LogP contribution in [-0.4, -0.2) is 56.1 Å². The van der Waals surface area contributed by atoms with Gasteiger partial charge in [-0.25, -0.2) is 4.98 Å². The number of hydrogen-bond donors (Lipinski definition) is 1. The van der Waals surface area contributed by atoms with E-state index in [0.717, 1.165) is 12.6 Å². The number of rotatable bonds is 7. The van der Waals surface area contributed by atoms with E-state index >= 15 is 0 Å². The first-order valence-corrected chi connectivity index (χ1v) is 9.69. The molecule has 30 heavy (non-hydrogen) atoms. The van der Waals surface area contributed by atoms with E-state index in [2.05, 4.69) is 10.3 Å². The number of benzene rings is 1. The van der Waals surface area contributed by atoms with Crippen LogP contribution < -0.4 is 15.0 Å². The fraction of sp³-hybridized carbons (Fsp3) is 0.429. The van der Waals surface area contributed by atoms with Crippen molar-refractivity contribution >= 4 is 17.4 Å². The molecule has 0 spiro atoms. The molecule has 9 heteroatoms. The predicted molar refractivity (Wildman–Crippen MR) is 109 cm³/mol. The molecule has 1 aromatic heterocycles. The fourth-order valence-electron chi connectivity index (χ4n) is 3.29. The van der Waals surface area contributed by atoms with Gasteiger partial charge in [-0.15, -0.1) is 0 Å². The van der Waals surface area contributed by atoms with Crippen molar-refractivity contribution in [3.63, 3.8) is 0 Å². The monoisotopic (exact) mass is 422 g/mol. The van der Waals surface area contributed by atoms with Gasteiger partial charge in [0.15, 0.2) is 0 Å². The van der Waals surface area contributed by atoms with Gasteiger partial charge in [0.25, 0.3) is 0 Å². The molecule has 0 radical (unpaired) electrons. The van der Waals surface area contributed by atoms with Crippen LogP contribution in [0, 0.1) is 5.92 Å². The van der Waals surface area contributed by atoms with E-state index < -0.39 is 17.7 Å². The summed E-state index contributed by atoms with van der Waals surface area (Å²) in [6.45, 7) is 1.81. The van der Waals surface area contributed by atoms with E-state index in [-0.39, 0.29) is 18.3 Å². The Labute approximate surface area is 173 Å². The summed E-state index contributed by atoms with van der Waals surface area (Å²) >= 11 is 0. The molecular formula is C21H25F3N4O2. The first kappa shape index (κ1) is 21.9. The van der Waals surface area contributed by atoms with E-state index in [4.69, 9.17) is 4.74 Å². The van der Waals surface area contributed by atoms with Gasteiger partial charge in [-0.1, -0.05) is 6.07 Å². The lowest BCUT2D eigenvalue weighted by Gasteiger charge is -2.21. The van der Waals surface area contributed by atoms with Gasteiger partial charge < -0.3 is 19.9 Å². The Bertz CT molecular complexity index is 873. The summed E-state index contributed by atoms with van der Waals surface area (Å²) < 4.78 is 45.4. The summed E-state index contributed by atoms with van der Waals surface area (Å²) in [5.41, 5.74) is -0.191. The lowest BCUT2D eigenvalue weighted by Crippen LogP contribution is -2.28. The molecule has 1 aromatic carbocycles. The maximum Gasteiger partial charge on any atom is 0.419 e. The average molecular weight is 422 g/mol. The SMILES string of the molecule is CN(C)CCOc1cccc(NC(=O)C2CCN(c3ncccc3C(F)(F)F)C2)c1. The number of aromatic nitrogens is 1. The molecule has 1 amide bonds. The molecule has 1 N–H and O–H groups in total. The second-order valence-corrected chi connectivity index (χ2v) is 7.47. The standard InChI is InChI=1S/C21H25F3N4O2/c1-27(2)11-12-30-17-6-3-5-16(13-17)26-20(29)15-8-10-28(14-15)19-18(21(22,23)24)7-4-9-25-19/h3-7,9,13,15H,8,10-12,14H2,1-2H3,(H,26,29). The van der Waals surface area contributed by atoms with Crippen molar-refractivity contribution in [2.24, 2.45) is 5.92 Å². The van der Waals surface area contributed by atoms with Crippen molar-refractivity contribution in [2.45, 2.75) is 12.6 Å². The molecule has 1 atom stereocenters. The smallest absolute Gasteiger partial charge is 0.419 e. The van der Waals surface area contributed by atoms with Crippen LogP contribution in [0.1, 0.15) is 12.0 Å². The second-order valence-electron chi connectivity index (χ2n) is 7.47. The van der Waals surface area contributed by atoms with E-state index in [1.807, 2.05) is 25.1 Å². The van der Waals surface area contributed by atoms with Crippen molar-refractivity contribution in [1.82, 2.24) is 9.88 Å². The van der Waals surface area contributed by atoms with Crippen molar-refractivity contribution in [3.8, 4) is 5.75 Å². The largest absolute Gasteiger partial charge is 0.492 e. The van der Waals surface area contributed by atoms with Gasteiger partial charge in [0.05, 0.1) is 11.5 Å².